The molecule has 3 rings (SSSR count). The van der Waals surface area contributed by atoms with Crippen molar-refractivity contribution in [3.63, 3.8) is 0 Å². The Labute approximate surface area is 132 Å². The molecule has 2 amide bonds. The molecule has 0 saturated carbocycles. The van der Waals surface area contributed by atoms with Crippen LogP contribution in [0.5, 0.6) is 0 Å². The largest absolute Gasteiger partial charge is 0.452 e. The number of amides is 2. The van der Waals surface area contributed by atoms with Gasteiger partial charge in [-0.05, 0) is 70.6 Å². The highest BCUT2D eigenvalue weighted by molar-refractivity contribution is 9.10. The van der Waals surface area contributed by atoms with Crippen molar-refractivity contribution in [1.29, 1.82) is 0 Å². The first-order chi connectivity index (χ1) is 10.1. The number of carbonyl (C=O) groups excluding carboxylic acids is 1. The molecule has 0 fully saturated rings. The second kappa shape index (κ2) is 5.93. The van der Waals surface area contributed by atoms with E-state index in [1.165, 1.54) is 17.5 Å². The number of nitrogens with zero attached hydrogens (tertiary/aromatic N) is 1. The highest BCUT2D eigenvalue weighted by Gasteiger charge is 2.14. The van der Waals surface area contributed by atoms with Crippen molar-refractivity contribution >= 4 is 27.6 Å². The number of halogens is 1. The van der Waals surface area contributed by atoms with Gasteiger partial charge in [-0.2, -0.15) is 0 Å². The van der Waals surface area contributed by atoms with Gasteiger partial charge in [0.05, 0.1) is 6.54 Å². The van der Waals surface area contributed by atoms with E-state index in [4.69, 9.17) is 4.42 Å². The number of hydrogen-bond acceptors (Lipinski definition) is 2. The summed E-state index contributed by atoms with van der Waals surface area (Å²) >= 11 is 3.26. The van der Waals surface area contributed by atoms with Crippen LogP contribution in [0.15, 0.2) is 39.4 Å². The van der Waals surface area contributed by atoms with E-state index in [2.05, 4.69) is 33.4 Å². The number of anilines is 1. The van der Waals surface area contributed by atoms with Crippen LogP contribution in [0.2, 0.25) is 0 Å². The summed E-state index contributed by atoms with van der Waals surface area (Å²) in [5, 5.41) is 2.93. The number of urea groups is 1. The number of rotatable bonds is 3. The maximum Gasteiger partial charge on any atom is 0.321 e. The Bertz CT molecular complexity index is 666. The predicted octanol–water partition coefficient (Wildman–Crippen LogP) is 4.19. The van der Waals surface area contributed by atoms with Crippen molar-refractivity contribution in [1.82, 2.24) is 4.90 Å². The molecular weight excluding hydrogens is 332 g/mol. The van der Waals surface area contributed by atoms with Gasteiger partial charge in [0.1, 0.15) is 5.76 Å². The summed E-state index contributed by atoms with van der Waals surface area (Å²) in [6.07, 6.45) is 3.46. The van der Waals surface area contributed by atoms with E-state index in [0.717, 1.165) is 24.3 Å². The average Bonchev–Trinajstić information content (AvgIpc) is 3.07. The van der Waals surface area contributed by atoms with Gasteiger partial charge >= 0.3 is 6.03 Å². The quantitative estimate of drug-likeness (QED) is 0.903. The van der Waals surface area contributed by atoms with Crippen LogP contribution in [0.1, 0.15) is 23.3 Å². The number of furan rings is 1. The van der Waals surface area contributed by atoms with Crippen molar-refractivity contribution in [3.05, 3.63) is 51.9 Å². The monoisotopic (exact) mass is 348 g/mol. The van der Waals surface area contributed by atoms with E-state index in [-0.39, 0.29) is 6.03 Å². The fourth-order valence-electron chi connectivity index (χ4n) is 2.61. The average molecular weight is 349 g/mol. The third-order valence-corrected chi connectivity index (χ3v) is 4.14. The molecule has 0 radical (unpaired) electrons. The number of carbonyl (C=O) groups is 1. The summed E-state index contributed by atoms with van der Waals surface area (Å²) in [5.41, 5.74) is 3.61. The van der Waals surface area contributed by atoms with Gasteiger partial charge in [0.15, 0.2) is 4.67 Å². The molecule has 110 valence electrons. The molecule has 1 aliphatic carbocycles. The van der Waals surface area contributed by atoms with E-state index >= 15 is 0 Å². The Kier molecular flexibility index (Phi) is 4.01. The first-order valence-electron chi connectivity index (χ1n) is 7.00. The molecule has 5 heteroatoms. The molecule has 1 N–H and O–H groups in total. The van der Waals surface area contributed by atoms with Crippen molar-refractivity contribution in [2.45, 2.75) is 25.8 Å². The number of benzene rings is 1. The van der Waals surface area contributed by atoms with Gasteiger partial charge in [-0.25, -0.2) is 4.79 Å². The van der Waals surface area contributed by atoms with Crippen LogP contribution in [0, 0.1) is 0 Å². The third kappa shape index (κ3) is 3.29. The minimum atomic E-state index is -0.138. The SMILES string of the molecule is CN(Cc1ccc(Br)o1)C(=O)Nc1ccc2c(c1)CCC2. The Morgan fingerprint density at radius 2 is 2.10 bits per heavy atom. The van der Waals surface area contributed by atoms with Crippen LogP contribution in [0.3, 0.4) is 0 Å². The van der Waals surface area contributed by atoms with Gasteiger partial charge in [0.2, 0.25) is 0 Å². The summed E-state index contributed by atoms with van der Waals surface area (Å²) < 4.78 is 6.08. The van der Waals surface area contributed by atoms with E-state index in [1.807, 2.05) is 18.2 Å². The predicted molar refractivity (Wildman–Crippen MR) is 85.4 cm³/mol. The highest BCUT2D eigenvalue weighted by atomic mass is 79.9. The first kappa shape index (κ1) is 14.2. The zero-order valence-corrected chi connectivity index (χ0v) is 13.4. The fraction of sp³-hybridized carbons (Fsp3) is 0.312. The number of fused-ring (bicyclic) bond motifs is 1. The van der Waals surface area contributed by atoms with Crippen LogP contribution >= 0.6 is 15.9 Å². The lowest BCUT2D eigenvalue weighted by Gasteiger charge is -2.17. The second-order valence-electron chi connectivity index (χ2n) is 5.33. The fourth-order valence-corrected chi connectivity index (χ4v) is 2.95. The van der Waals surface area contributed by atoms with Crippen LogP contribution in [-0.2, 0) is 19.4 Å². The lowest BCUT2D eigenvalue weighted by molar-refractivity contribution is 0.216. The summed E-state index contributed by atoms with van der Waals surface area (Å²) in [6, 6.07) is 9.70. The molecular formula is C16H17BrN2O2. The van der Waals surface area contributed by atoms with Crippen LogP contribution in [-0.4, -0.2) is 18.0 Å². The van der Waals surface area contributed by atoms with E-state index in [9.17, 15) is 4.79 Å². The zero-order chi connectivity index (χ0) is 14.8. The molecule has 0 atom stereocenters. The molecule has 0 spiro atoms. The Balaban J connectivity index is 1.63. The molecule has 0 aliphatic heterocycles. The molecule has 21 heavy (non-hydrogen) atoms. The molecule has 1 aromatic heterocycles. The Morgan fingerprint density at radius 1 is 1.29 bits per heavy atom. The maximum atomic E-state index is 12.2. The van der Waals surface area contributed by atoms with Gasteiger partial charge in [-0.1, -0.05) is 6.07 Å². The smallest absolute Gasteiger partial charge is 0.321 e. The van der Waals surface area contributed by atoms with Gasteiger partial charge in [0, 0.05) is 12.7 Å². The van der Waals surface area contributed by atoms with Crippen LogP contribution in [0.25, 0.3) is 0 Å². The highest BCUT2D eigenvalue weighted by Crippen LogP contribution is 2.25. The molecule has 0 unspecified atom stereocenters. The number of hydrogen-bond donors (Lipinski definition) is 1. The summed E-state index contributed by atoms with van der Waals surface area (Å²) in [7, 11) is 1.75. The Morgan fingerprint density at radius 3 is 2.86 bits per heavy atom. The Hall–Kier alpha value is -1.75. The van der Waals surface area contributed by atoms with Crippen molar-refractivity contribution < 1.29 is 9.21 Å². The van der Waals surface area contributed by atoms with Crippen molar-refractivity contribution in [2.24, 2.45) is 0 Å². The van der Waals surface area contributed by atoms with Gasteiger partial charge in [-0.15, -0.1) is 0 Å². The third-order valence-electron chi connectivity index (χ3n) is 3.72. The molecule has 1 heterocycles. The standard InChI is InChI=1S/C16H17BrN2O2/c1-19(10-14-7-8-15(17)21-14)16(20)18-13-6-5-11-3-2-4-12(11)9-13/h5-9H,2-4,10H2,1H3,(H,18,20). The number of nitrogens with one attached hydrogen (secondary N) is 1. The lowest BCUT2D eigenvalue weighted by atomic mass is 10.1. The zero-order valence-electron chi connectivity index (χ0n) is 11.9. The molecule has 4 nitrogen and oxygen atoms in total. The van der Waals surface area contributed by atoms with E-state index in [0.29, 0.717) is 11.2 Å². The van der Waals surface area contributed by atoms with Crippen molar-refractivity contribution in [2.75, 3.05) is 12.4 Å². The normalized spacial score (nSPS) is 13.0. The van der Waals surface area contributed by atoms with Crippen LogP contribution in [0.4, 0.5) is 10.5 Å². The molecule has 0 saturated heterocycles. The first-order valence-corrected chi connectivity index (χ1v) is 7.79. The summed E-state index contributed by atoms with van der Waals surface area (Å²) in [4.78, 5) is 13.8. The second-order valence-corrected chi connectivity index (χ2v) is 6.11. The molecule has 1 aliphatic rings. The minimum absolute atomic E-state index is 0.138. The van der Waals surface area contributed by atoms with E-state index < -0.39 is 0 Å². The molecule has 1 aromatic carbocycles. The van der Waals surface area contributed by atoms with Gasteiger partial charge in [-0.3, -0.25) is 0 Å². The topological polar surface area (TPSA) is 45.5 Å². The lowest BCUT2D eigenvalue weighted by Crippen LogP contribution is -2.30. The van der Waals surface area contributed by atoms with Gasteiger partial charge in [0.25, 0.3) is 0 Å². The molecule has 2 aromatic rings. The summed E-state index contributed by atoms with van der Waals surface area (Å²) in [5.74, 6) is 0.744. The van der Waals surface area contributed by atoms with E-state index in [1.54, 1.807) is 11.9 Å². The van der Waals surface area contributed by atoms with Gasteiger partial charge < -0.3 is 14.6 Å². The number of aryl methyl sites for hydroxylation is 2. The maximum absolute atomic E-state index is 12.2. The van der Waals surface area contributed by atoms with Crippen LogP contribution < -0.4 is 5.32 Å². The minimum Gasteiger partial charge on any atom is -0.452 e. The summed E-state index contributed by atoms with van der Waals surface area (Å²) in [6.45, 7) is 0.433. The molecule has 0 bridgehead atoms. The van der Waals surface area contributed by atoms with Crippen molar-refractivity contribution in [3.8, 4) is 0 Å².